The fourth-order valence-corrected chi connectivity index (χ4v) is 24.3. The second kappa shape index (κ2) is 59.2. The fourth-order valence-electron chi connectivity index (χ4n) is 13.7. The van der Waals surface area contributed by atoms with E-state index in [0.29, 0.717) is 27.0 Å². The topological polar surface area (TPSA) is 203 Å². The Hall–Kier alpha value is -11.2. The molecule has 15 nitrogen and oxygen atoms in total. The molecule has 0 aliphatic heterocycles. The molecular weight excluding hydrogens is 2090 g/mol. The maximum absolute atomic E-state index is 13.9. The van der Waals surface area contributed by atoms with E-state index in [1.807, 2.05) is 27.0 Å². The first-order valence-electron chi connectivity index (χ1n) is 43.7. The number of esters is 2. The van der Waals surface area contributed by atoms with Crippen LogP contribution in [0.25, 0.3) is 22.5 Å². The number of hydrogen-bond donors (Lipinski definition) is 2. The molecule has 721 valence electrons. The molecule has 0 aliphatic rings. The Morgan fingerprint density at radius 2 is 0.556 bits per heavy atom. The van der Waals surface area contributed by atoms with E-state index in [1.54, 1.807) is 80.2 Å². The predicted octanol–water partition coefficient (Wildman–Crippen LogP) is 19.1. The van der Waals surface area contributed by atoms with E-state index >= 15 is 0 Å². The van der Waals surface area contributed by atoms with Crippen LogP contribution in [-0.4, -0.2) is 95.8 Å². The van der Waals surface area contributed by atoms with Gasteiger partial charge in [-0.05, 0) is 178 Å². The van der Waals surface area contributed by atoms with Crippen LogP contribution in [0.3, 0.4) is 0 Å². The number of rotatable bonds is 21. The third-order valence-corrected chi connectivity index (χ3v) is 32.4. The summed E-state index contributed by atoms with van der Waals surface area (Å²) in [5.74, 6) is -5.24. The number of aromatic nitrogens is 6. The van der Waals surface area contributed by atoms with Crippen molar-refractivity contribution in [2.24, 2.45) is 21.1 Å². The maximum atomic E-state index is 13.9. The van der Waals surface area contributed by atoms with Gasteiger partial charge in [0.15, 0.2) is 0 Å². The molecule has 29 heteroatoms. The van der Waals surface area contributed by atoms with Gasteiger partial charge in [0.1, 0.15) is 34.1 Å². The molecule has 0 bridgehead atoms. The average Bonchev–Trinajstić information content (AvgIpc) is 1.56. The van der Waals surface area contributed by atoms with Crippen molar-refractivity contribution in [3.63, 3.8) is 0 Å². The zero-order valence-corrected chi connectivity index (χ0v) is 90.4. The summed E-state index contributed by atoms with van der Waals surface area (Å²) >= 11 is 20.3. The molecule has 142 heavy (non-hydrogen) atoms. The van der Waals surface area contributed by atoms with E-state index in [2.05, 4.69) is 405 Å². The maximum Gasteiger partial charge on any atom is 1.00 e. The molecular formula is C113H102BBrCl3F3N6NaO9P4Pd. The zero-order chi connectivity index (χ0) is 99.2. The van der Waals surface area contributed by atoms with E-state index in [0.717, 1.165) is 17.7 Å². The number of ether oxygens (including phenoxy) is 2. The minimum Gasteiger partial charge on any atom is -0.870 e. The number of benzene rings is 15. The number of aliphatic hydroxyl groups is 1. The van der Waals surface area contributed by atoms with Crippen molar-refractivity contribution in [3.05, 3.63) is 491 Å². The molecule has 0 saturated heterocycles. The van der Waals surface area contributed by atoms with Gasteiger partial charge in [0.05, 0.1) is 51.9 Å². The van der Waals surface area contributed by atoms with Crippen LogP contribution in [0, 0.1) is 17.5 Å². The largest absolute Gasteiger partial charge is 1.00 e. The number of carboxylic acid groups (broad SMARTS) is 1. The Morgan fingerprint density at radius 3 is 0.739 bits per heavy atom. The van der Waals surface area contributed by atoms with Crippen molar-refractivity contribution in [1.29, 1.82) is 0 Å². The van der Waals surface area contributed by atoms with Gasteiger partial charge in [-0.2, -0.15) is 15.3 Å². The molecule has 0 amide bonds. The minimum absolute atomic E-state index is 0. The van der Waals surface area contributed by atoms with Crippen molar-refractivity contribution < 1.29 is 107 Å². The van der Waals surface area contributed by atoms with Gasteiger partial charge < -0.3 is 29.8 Å². The van der Waals surface area contributed by atoms with E-state index in [9.17, 15) is 32.7 Å². The fraction of sp³-hybridized carbons (Fsp3) is 0.0973. The van der Waals surface area contributed by atoms with Crippen LogP contribution in [0.4, 0.5) is 13.2 Å². The molecule has 18 aromatic rings. The molecule has 0 atom stereocenters. The first-order valence-corrected chi connectivity index (χ1v) is 51.0. The van der Waals surface area contributed by atoms with Gasteiger partial charge in [-0.1, -0.05) is 415 Å². The van der Waals surface area contributed by atoms with Crippen LogP contribution in [0.5, 0.6) is 0 Å². The molecule has 18 rings (SSSR count). The van der Waals surface area contributed by atoms with Gasteiger partial charge in [0.25, 0.3) is 0 Å². The van der Waals surface area contributed by atoms with E-state index in [1.165, 1.54) is 102 Å². The number of aromatic carboxylic acids is 1. The van der Waals surface area contributed by atoms with Gasteiger partial charge in [-0.15, -0.1) is 0 Å². The van der Waals surface area contributed by atoms with E-state index < -0.39 is 83.8 Å². The van der Waals surface area contributed by atoms with Gasteiger partial charge in [0, 0.05) is 81.3 Å². The minimum atomic E-state index is -1.39. The number of aryl methyl sites for hydroxylation is 3. The number of carbonyl (C=O) groups is 3. The monoisotopic (exact) mass is 2190 g/mol. The molecule has 3 heterocycles. The number of halogens is 7. The van der Waals surface area contributed by atoms with Gasteiger partial charge in [0.2, 0.25) is 0 Å². The zero-order valence-electron chi connectivity index (χ0n) is 79.4. The summed E-state index contributed by atoms with van der Waals surface area (Å²) in [5.41, 5.74) is 0.694. The second-order valence-corrected chi connectivity index (χ2v) is 42.4. The van der Waals surface area contributed by atoms with Crippen molar-refractivity contribution in [2.45, 2.75) is 38.9 Å². The van der Waals surface area contributed by atoms with Gasteiger partial charge in [-0.25, -0.2) is 27.6 Å². The van der Waals surface area contributed by atoms with E-state index in [-0.39, 0.29) is 81.7 Å². The second-order valence-electron chi connectivity index (χ2n) is 31.4. The van der Waals surface area contributed by atoms with Crippen LogP contribution in [0.15, 0.2) is 442 Å². The smallest absolute Gasteiger partial charge is 0.870 e. The van der Waals surface area contributed by atoms with Crippen molar-refractivity contribution >= 4 is 177 Å². The molecule has 0 fully saturated rings. The molecule has 3 N–H and O–H groups in total. The van der Waals surface area contributed by atoms with Crippen LogP contribution in [-0.2, 0) is 55.7 Å². The Morgan fingerprint density at radius 1 is 0.345 bits per heavy atom. The Balaban J connectivity index is 0.000000199. The molecule has 0 unspecified atom stereocenters. The average molecular weight is 2200 g/mol. The summed E-state index contributed by atoms with van der Waals surface area (Å²) in [6, 6.07) is 142. The normalized spacial score (nSPS) is 10.5. The van der Waals surface area contributed by atoms with Gasteiger partial charge >= 0.3 is 54.9 Å². The first-order chi connectivity index (χ1) is 67.1. The van der Waals surface area contributed by atoms with Crippen LogP contribution in [0.2, 0.25) is 15.1 Å². The summed E-state index contributed by atoms with van der Waals surface area (Å²) in [5, 5.41) is 47.3. The van der Waals surface area contributed by atoms with Crippen molar-refractivity contribution in [3.8, 4) is 22.5 Å². The quantitative estimate of drug-likeness (QED) is 0.0392. The third-order valence-electron chi connectivity index (χ3n) is 21.3. The summed E-state index contributed by atoms with van der Waals surface area (Å²) < 4.78 is 60.3. The standard InChI is InChI=1S/4C18H15P.C12H10ClFN2O2.C11H8ClFN2O2.C10H18BN2O2.C8H5BrClFO2.Na.H2O.Pd/c4*1-4-10-16(11-5-1)19(17-12-6-2-7-13-17)18-14-8-3-9-15-18;1-16-10(3-4-15-16)7-5-8(13)11(9(14)6-7)12(17)18-2;1-15-9(2-3-14-15)6-4-7(12)10(11(16)17)8(13)5-6;1-9(2,14)10(3,4)15-11-8-6-7-12-13(8)5;1-13-8(12)7-5(10)2-4(9)3-6(7)11;;;/h4*1-15H;3-6H,1-2H3;2-5H,1H3,(H,16,17);6-7,14H,1-5H3;2-3H,1H3;;1H2;/q;;;;;;;;+1;;/p-1. The van der Waals surface area contributed by atoms with Crippen molar-refractivity contribution in [1.82, 2.24) is 29.3 Å². The third kappa shape index (κ3) is 33.7. The summed E-state index contributed by atoms with van der Waals surface area (Å²) in [6.45, 7) is 7.15. The van der Waals surface area contributed by atoms with Crippen LogP contribution in [0.1, 0.15) is 58.8 Å². The SMILES string of the molecule is COC(=O)c1c(F)cc(-c2ccnn2C)cc1Cl.COC(=O)c1c(F)cc(Br)cc1Cl.Cn1nccc1-c1cc(F)c(C(=O)O)c(Cl)c1.Cn1nccc1[B]OC(C)(C)C(C)(C)O.[Na+].[OH-].[Pd].c1ccc(P(c2ccccc2)c2ccccc2)cc1.c1ccc(P(c2ccccc2)c2ccccc2)cc1.c1ccc(P(c2ccccc2)c2ccccc2)cc1.c1ccc(P(c2ccccc2)c2ccccc2)cc1. The summed E-state index contributed by atoms with van der Waals surface area (Å²) in [7, 11) is 7.44. The Labute approximate surface area is 893 Å². The Bertz CT molecular complexity index is 5940. The predicted molar refractivity (Wildman–Crippen MR) is 579 cm³/mol. The summed E-state index contributed by atoms with van der Waals surface area (Å²) in [6.07, 6.45) is 4.86. The number of carboxylic acids is 1. The molecule has 0 spiro atoms. The molecule has 3 aromatic heterocycles. The first kappa shape index (κ1) is 116. The molecule has 1 radical (unpaired) electrons. The molecule has 0 saturated carbocycles. The van der Waals surface area contributed by atoms with E-state index in [4.69, 9.17) is 44.6 Å². The van der Waals surface area contributed by atoms with Crippen LogP contribution >= 0.6 is 82.4 Å². The molecule has 15 aromatic carbocycles. The number of carbonyl (C=O) groups excluding carboxylic acids is 2. The Kier molecular flexibility index (Phi) is 48.3. The van der Waals surface area contributed by atoms with Gasteiger partial charge in [-0.3, -0.25) is 14.0 Å². The summed E-state index contributed by atoms with van der Waals surface area (Å²) in [4.78, 5) is 33.1. The number of methoxy groups -OCH3 is 2. The number of nitrogens with zero attached hydrogens (tertiary/aromatic N) is 6. The van der Waals surface area contributed by atoms with Crippen molar-refractivity contribution in [2.75, 3.05) is 14.2 Å². The number of hydrogen-bond acceptors (Lipinski definition) is 11. The molecule has 0 aliphatic carbocycles. The van der Waals surface area contributed by atoms with Crippen LogP contribution < -0.4 is 98.8 Å².